The van der Waals surface area contributed by atoms with Gasteiger partial charge >= 0.3 is 0 Å². The molecule has 0 bridgehead atoms. The Morgan fingerprint density at radius 2 is 2.09 bits per heavy atom. The fourth-order valence-corrected chi connectivity index (χ4v) is 3.93. The summed E-state index contributed by atoms with van der Waals surface area (Å²) in [5, 5.41) is 3.82. The van der Waals surface area contributed by atoms with Gasteiger partial charge in [-0.1, -0.05) is 19.1 Å². The van der Waals surface area contributed by atoms with Crippen LogP contribution in [-0.4, -0.2) is 43.8 Å². The summed E-state index contributed by atoms with van der Waals surface area (Å²) in [7, 11) is -2.26. The molecule has 1 aromatic heterocycles. The monoisotopic (exact) mass is 321 g/mol. The number of carbonyl (C=O) groups is 1. The zero-order valence-corrected chi connectivity index (χ0v) is 13.4. The van der Waals surface area contributed by atoms with Crippen LogP contribution >= 0.6 is 0 Å². The molecule has 0 fully saturated rings. The number of fused-ring (bicyclic) bond motifs is 1. The number of benzene rings is 1. The van der Waals surface area contributed by atoms with E-state index >= 15 is 0 Å². The lowest BCUT2D eigenvalue weighted by Gasteiger charge is -2.21. The van der Waals surface area contributed by atoms with Crippen LogP contribution in [0, 0.1) is 0 Å². The summed E-state index contributed by atoms with van der Waals surface area (Å²) in [6.45, 7) is 1.98. The van der Waals surface area contributed by atoms with E-state index in [9.17, 15) is 13.2 Å². The second-order valence-electron chi connectivity index (χ2n) is 4.86. The lowest BCUT2D eigenvalue weighted by atomic mass is 10.2. The molecular formula is C15H19N3O3S. The van der Waals surface area contributed by atoms with Crippen molar-refractivity contribution in [2.24, 2.45) is 0 Å². The van der Waals surface area contributed by atoms with Crippen molar-refractivity contribution in [1.29, 1.82) is 0 Å². The highest BCUT2D eigenvalue weighted by Crippen LogP contribution is 2.25. The van der Waals surface area contributed by atoms with Crippen LogP contribution in [-0.2, 0) is 14.8 Å². The van der Waals surface area contributed by atoms with Gasteiger partial charge < -0.3 is 5.32 Å². The third-order valence-electron chi connectivity index (χ3n) is 3.33. The van der Waals surface area contributed by atoms with Gasteiger partial charge in [-0.3, -0.25) is 9.78 Å². The van der Waals surface area contributed by atoms with Crippen molar-refractivity contribution in [3.8, 4) is 0 Å². The minimum Gasteiger partial charge on any atom is -0.358 e. The van der Waals surface area contributed by atoms with E-state index in [0.29, 0.717) is 11.8 Å². The Morgan fingerprint density at radius 3 is 2.77 bits per heavy atom. The van der Waals surface area contributed by atoms with Crippen molar-refractivity contribution in [2.45, 2.75) is 18.2 Å². The fraction of sp³-hybridized carbons (Fsp3) is 0.333. The molecule has 0 atom stereocenters. The van der Waals surface area contributed by atoms with Crippen molar-refractivity contribution in [3.63, 3.8) is 0 Å². The molecule has 1 heterocycles. The van der Waals surface area contributed by atoms with Crippen molar-refractivity contribution in [1.82, 2.24) is 14.6 Å². The summed E-state index contributed by atoms with van der Waals surface area (Å²) in [4.78, 5) is 15.8. The fourth-order valence-electron chi connectivity index (χ4n) is 2.23. The highest BCUT2D eigenvalue weighted by Gasteiger charge is 2.27. The van der Waals surface area contributed by atoms with Crippen molar-refractivity contribution >= 4 is 26.7 Å². The van der Waals surface area contributed by atoms with Crippen LogP contribution in [0.5, 0.6) is 0 Å². The van der Waals surface area contributed by atoms with Gasteiger partial charge in [-0.05, 0) is 18.6 Å². The standard InChI is InChI=1S/C15H19N3O3S/c1-3-9-18(11-15(19)16-2)22(20,21)14-6-4-5-12-10-17-8-7-13(12)14/h4-8,10H,3,9,11H2,1-2H3,(H,16,19). The molecule has 1 amide bonds. The van der Waals surface area contributed by atoms with Crippen LogP contribution in [0.1, 0.15) is 13.3 Å². The Morgan fingerprint density at radius 1 is 1.32 bits per heavy atom. The van der Waals surface area contributed by atoms with Gasteiger partial charge in [0.15, 0.2) is 0 Å². The quantitative estimate of drug-likeness (QED) is 0.872. The molecular weight excluding hydrogens is 302 g/mol. The van der Waals surface area contributed by atoms with Crippen LogP contribution in [0.2, 0.25) is 0 Å². The number of nitrogens with zero attached hydrogens (tertiary/aromatic N) is 2. The number of hydrogen-bond donors (Lipinski definition) is 1. The minimum atomic E-state index is -3.75. The van der Waals surface area contributed by atoms with Crippen LogP contribution in [0.25, 0.3) is 10.8 Å². The molecule has 0 aliphatic rings. The van der Waals surface area contributed by atoms with E-state index in [1.165, 1.54) is 11.4 Å². The van der Waals surface area contributed by atoms with Crippen LogP contribution in [0.15, 0.2) is 41.6 Å². The Labute approximate surface area is 130 Å². The van der Waals surface area contributed by atoms with Gasteiger partial charge in [-0.2, -0.15) is 4.31 Å². The molecule has 1 N–H and O–H groups in total. The lowest BCUT2D eigenvalue weighted by molar-refractivity contribution is -0.120. The van der Waals surface area contributed by atoms with Crippen LogP contribution < -0.4 is 5.32 Å². The first-order valence-corrected chi connectivity index (χ1v) is 8.48. The topological polar surface area (TPSA) is 79.4 Å². The Kier molecular flexibility index (Phi) is 5.10. The smallest absolute Gasteiger partial charge is 0.244 e. The van der Waals surface area contributed by atoms with Gasteiger partial charge in [0.2, 0.25) is 15.9 Å². The summed E-state index contributed by atoms with van der Waals surface area (Å²) >= 11 is 0. The van der Waals surface area contributed by atoms with Gasteiger partial charge in [-0.25, -0.2) is 8.42 Å². The highest BCUT2D eigenvalue weighted by molar-refractivity contribution is 7.89. The highest BCUT2D eigenvalue weighted by atomic mass is 32.2. The number of aromatic nitrogens is 1. The Balaban J connectivity index is 2.52. The number of carbonyl (C=O) groups excluding carboxylic acids is 1. The van der Waals surface area contributed by atoms with Gasteiger partial charge in [-0.15, -0.1) is 0 Å². The average molecular weight is 321 g/mol. The van der Waals surface area contributed by atoms with E-state index in [2.05, 4.69) is 10.3 Å². The van der Waals surface area contributed by atoms with Crippen LogP contribution in [0.3, 0.4) is 0 Å². The predicted octanol–water partition coefficient (Wildman–Crippen LogP) is 1.38. The Hall–Kier alpha value is -1.99. The van der Waals surface area contributed by atoms with Gasteiger partial charge in [0.25, 0.3) is 0 Å². The lowest BCUT2D eigenvalue weighted by Crippen LogP contribution is -2.40. The molecule has 0 unspecified atom stereocenters. The maximum absolute atomic E-state index is 12.9. The minimum absolute atomic E-state index is 0.186. The third-order valence-corrected chi connectivity index (χ3v) is 5.23. The first-order valence-electron chi connectivity index (χ1n) is 7.04. The van der Waals surface area contributed by atoms with Gasteiger partial charge in [0.1, 0.15) is 0 Å². The molecule has 1 aromatic carbocycles. The summed E-state index contributed by atoms with van der Waals surface area (Å²) in [6.07, 6.45) is 3.81. The molecule has 0 saturated heterocycles. The van der Waals surface area contributed by atoms with E-state index in [-0.39, 0.29) is 23.9 Å². The number of hydrogen-bond acceptors (Lipinski definition) is 4. The summed E-state index contributed by atoms with van der Waals surface area (Å²) in [6, 6.07) is 6.72. The zero-order valence-electron chi connectivity index (χ0n) is 12.6. The molecule has 22 heavy (non-hydrogen) atoms. The number of nitrogens with one attached hydrogen (secondary N) is 1. The normalized spacial score (nSPS) is 11.8. The molecule has 0 radical (unpaired) electrons. The maximum Gasteiger partial charge on any atom is 0.244 e. The molecule has 2 aromatic rings. The van der Waals surface area contributed by atoms with E-state index in [1.807, 2.05) is 13.0 Å². The van der Waals surface area contributed by atoms with E-state index in [1.54, 1.807) is 30.6 Å². The molecule has 0 spiro atoms. The first-order chi connectivity index (χ1) is 10.5. The average Bonchev–Trinajstić information content (AvgIpc) is 2.53. The number of likely N-dealkylation sites (N-methyl/N-ethyl adjacent to an activating group) is 1. The number of rotatable bonds is 6. The van der Waals surface area contributed by atoms with E-state index < -0.39 is 10.0 Å². The molecule has 0 saturated carbocycles. The van der Waals surface area contributed by atoms with Gasteiger partial charge in [0.05, 0.1) is 11.4 Å². The third kappa shape index (κ3) is 3.26. The zero-order chi connectivity index (χ0) is 16.2. The molecule has 0 aliphatic heterocycles. The summed E-state index contributed by atoms with van der Waals surface area (Å²) in [5.41, 5.74) is 0. The molecule has 118 valence electrons. The second-order valence-corrected chi connectivity index (χ2v) is 6.77. The van der Waals surface area contributed by atoms with Crippen LogP contribution in [0.4, 0.5) is 0 Å². The van der Waals surface area contributed by atoms with Crippen molar-refractivity contribution < 1.29 is 13.2 Å². The largest absolute Gasteiger partial charge is 0.358 e. The summed E-state index contributed by atoms with van der Waals surface area (Å²) in [5.74, 6) is -0.334. The molecule has 6 nitrogen and oxygen atoms in total. The van der Waals surface area contributed by atoms with Crippen molar-refractivity contribution in [2.75, 3.05) is 20.1 Å². The first kappa shape index (κ1) is 16.4. The number of amides is 1. The predicted molar refractivity (Wildman–Crippen MR) is 84.9 cm³/mol. The molecule has 0 aliphatic carbocycles. The second kappa shape index (κ2) is 6.85. The Bertz CT molecular complexity index is 769. The number of pyridine rings is 1. The van der Waals surface area contributed by atoms with Crippen molar-refractivity contribution in [3.05, 3.63) is 36.7 Å². The molecule has 2 rings (SSSR count). The van der Waals surface area contributed by atoms with E-state index in [0.717, 1.165) is 5.39 Å². The van der Waals surface area contributed by atoms with Gasteiger partial charge in [0, 0.05) is 36.8 Å². The van der Waals surface area contributed by atoms with E-state index in [4.69, 9.17) is 0 Å². The maximum atomic E-state index is 12.9. The summed E-state index contributed by atoms with van der Waals surface area (Å²) < 4.78 is 27.0. The molecule has 7 heteroatoms. The number of sulfonamides is 1. The SMILES string of the molecule is CCCN(CC(=O)NC)S(=O)(=O)c1cccc2cnccc12.